The summed E-state index contributed by atoms with van der Waals surface area (Å²) < 4.78 is 8.85. The summed E-state index contributed by atoms with van der Waals surface area (Å²) in [6, 6.07) is 8.52. The van der Waals surface area contributed by atoms with E-state index in [9.17, 15) is 0 Å². The van der Waals surface area contributed by atoms with Crippen molar-refractivity contribution in [2.45, 2.75) is 13.0 Å². The van der Waals surface area contributed by atoms with Gasteiger partial charge in [0.05, 0.1) is 6.61 Å². The van der Waals surface area contributed by atoms with Crippen molar-refractivity contribution in [1.82, 2.24) is 9.88 Å². The van der Waals surface area contributed by atoms with Crippen LogP contribution in [0.4, 0.5) is 0 Å². The normalized spacial score (nSPS) is 19.3. The van der Waals surface area contributed by atoms with Gasteiger partial charge in [-0.1, -0.05) is 22.0 Å². The van der Waals surface area contributed by atoms with Gasteiger partial charge in [0.2, 0.25) is 0 Å². The standard InChI is InChI=1S/C15H19BrN2O/c16-14-2-1-3-15-13(14)4-7-18(15)8-6-17-10-12-5-9-19-11-12/h1-4,7,12,17H,5-6,8-11H2. The Kier molecular flexibility index (Phi) is 4.21. The highest BCUT2D eigenvalue weighted by molar-refractivity contribution is 9.10. The molecule has 0 amide bonds. The van der Waals surface area contributed by atoms with E-state index in [0.29, 0.717) is 5.92 Å². The molecule has 0 bridgehead atoms. The van der Waals surface area contributed by atoms with Gasteiger partial charge in [0.15, 0.2) is 0 Å². The molecule has 1 aromatic carbocycles. The fourth-order valence-electron chi connectivity index (χ4n) is 2.63. The lowest BCUT2D eigenvalue weighted by Gasteiger charge is -2.10. The van der Waals surface area contributed by atoms with Crippen molar-refractivity contribution in [2.75, 3.05) is 26.3 Å². The topological polar surface area (TPSA) is 26.2 Å². The van der Waals surface area contributed by atoms with Crippen LogP contribution in [0, 0.1) is 5.92 Å². The van der Waals surface area contributed by atoms with Gasteiger partial charge in [0.25, 0.3) is 0 Å². The second-order valence-electron chi connectivity index (χ2n) is 5.12. The number of aromatic nitrogens is 1. The van der Waals surface area contributed by atoms with Gasteiger partial charge in [-0.05, 0) is 30.5 Å². The molecule has 1 N–H and O–H groups in total. The summed E-state index contributed by atoms with van der Waals surface area (Å²) in [5, 5.41) is 4.82. The van der Waals surface area contributed by atoms with Crippen molar-refractivity contribution in [1.29, 1.82) is 0 Å². The Morgan fingerprint density at radius 1 is 1.37 bits per heavy atom. The summed E-state index contributed by atoms with van der Waals surface area (Å²) in [4.78, 5) is 0. The highest BCUT2D eigenvalue weighted by atomic mass is 79.9. The Hall–Kier alpha value is -0.840. The smallest absolute Gasteiger partial charge is 0.0507 e. The summed E-state index contributed by atoms with van der Waals surface area (Å²) in [5.41, 5.74) is 1.29. The van der Waals surface area contributed by atoms with Crippen molar-refractivity contribution in [3.63, 3.8) is 0 Å². The van der Waals surface area contributed by atoms with Crippen LogP contribution in [0.5, 0.6) is 0 Å². The first-order chi connectivity index (χ1) is 9.34. The molecule has 1 fully saturated rings. The average molecular weight is 323 g/mol. The van der Waals surface area contributed by atoms with Gasteiger partial charge in [-0.15, -0.1) is 0 Å². The first kappa shape index (κ1) is 13.2. The number of hydrogen-bond acceptors (Lipinski definition) is 2. The zero-order chi connectivity index (χ0) is 13.1. The van der Waals surface area contributed by atoms with Gasteiger partial charge in [-0.25, -0.2) is 0 Å². The highest BCUT2D eigenvalue weighted by Crippen LogP contribution is 2.24. The fraction of sp³-hybridized carbons (Fsp3) is 0.467. The minimum atomic E-state index is 0.704. The molecule has 0 spiro atoms. The number of nitrogens with one attached hydrogen (secondary N) is 1. The predicted octanol–water partition coefficient (Wildman–Crippen LogP) is 3.03. The third kappa shape index (κ3) is 3.02. The molecule has 4 heteroatoms. The van der Waals surface area contributed by atoms with Crippen molar-refractivity contribution in [2.24, 2.45) is 5.92 Å². The second-order valence-corrected chi connectivity index (χ2v) is 5.97. The molecule has 0 saturated carbocycles. The van der Waals surface area contributed by atoms with Crippen molar-refractivity contribution >= 4 is 26.8 Å². The molecule has 3 rings (SSSR count). The summed E-state index contributed by atoms with van der Waals surface area (Å²) in [6.45, 7) is 4.94. The third-order valence-corrected chi connectivity index (χ3v) is 4.44. The molecule has 3 nitrogen and oxygen atoms in total. The molecule has 1 atom stereocenters. The summed E-state index contributed by atoms with van der Waals surface area (Å²) >= 11 is 3.59. The van der Waals surface area contributed by atoms with E-state index in [-0.39, 0.29) is 0 Å². The molecule has 1 aliphatic heterocycles. The van der Waals surface area contributed by atoms with E-state index in [2.05, 4.69) is 56.3 Å². The van der Waals surface area contributed by atoms with Crippen LogP contribution in [0.15, 0.2) is 34.9 Å². The zero-order valence-corrected chi connectivity index (χ0v) is 12.5. The Bertz CT molecular complexity index is 546. The SMILES string of the molecule is Brc1cccc2c1ccn2CCNCC1CCOC1. The van der Waals surface area contributed by atoms with Crippen LogP contribution in [-0.4, -0.2) is 30.9 Å². The van der Waals surface area contributed by atoms with Crippen LogP contribution in [0.1, 0.15) is 6.42 Å². The van der Waals surface area contributed by atoms with E-state index in [1.165, 1.54) is 21.8 Å². The third-order valence-electron chi connectivity index (χ3n) is 3.75. The van der Waals surface area contributed by atoms with Crippen LogP contribution >= 0.6 is 15.9 Å². The highest BCUT2D eigenvalue weighted by Gasteiger charge is 2.14. The number of rotatable bonds is 5. The molecular formula is C15H19BrN2O. The monoisotopic (exact) mass is 322 g/mol. The molecule has 2 aromatic rings. The average Bonchev–Trinajstić information content (AvgIpc) is 3.05. The summed E-state index contributed by atoms with van der Waals surface area (Å²) in [7, 11) is 0. The molecule has 1 aliphatic rings. The summed E-state index contributed by atoms with van der Waals surface area (Å²) in [6.07, 6.45) is 3.36. The molecule has 1 unspecified atom stereocenters. The largest absolute Gasteiger partial charge is 0.381 e. The van der Waals surface area contributed by atoms with E-state index in [1.807, 2.05) is 0 Å². The maximum atomic E-state index is 5.38. The maximum absolute atomic E-state index is 5.38. The fourth-order valence-corrected chi connectivity index (χ4v) is 3.12. The number of fused-ring (bicyclic) bond motifs is 1. The van der Waals surface area contributed by atoms with Crippen molar-refractivity contribution < 1.29 is 4.74 Å². The van der Waals surface area contributed by atoms with Gasteiger partial charge >= 0.3 is 0 Å². The van der Waals surface area contributed by atoms with Gasteiger partial charge in [-0.3, -0.25) is 0 Å². The van der Waals surface area contributed by atoms with Crippen LogP contribution in [-0.2, 0) is 11.3 Å². The lowest BCUT2D eigenvalue weighted by Crippen LogP contribution is -2.26. The molecular weight excluding hydrogens is 304 g/mol. The second kappa shape index (κ2) is 6.07. The lowest BCUT2D eigenvalue weighted by molar-refractivity contribution is 0.185. The molecule has 0 radical (unpaired) electrons. The van der Waals surface area contributed by atoms with Crippen LogP contribution in [0.25, 0.3) is 10.9 Å². The number of benzene rings is 1. The maximum Gasteiger partial charge on any atom is 0.0507 e. The number of ether oxygens (including phenoxy) is 1. The first-order valence-corrected chi connectivity index (χ1v) is 7.66. The Labute approximate surface area is 122 Å². The number of halogens is 1. The first-order valence-electron chi connectivity index (χ1n) is 6.86. The van der Waals surface area contributed by atoms with E-state index in [4.69, 9.17) is 4.74 Å². The zero-order valence-electron chi connectivity index (χ0n) is 10.9. The minimum Gasteiger partial charge on any atom is -0.381 e. The van der Waals surface area contributed by atoms with Gasteiger partial charge < -0.3 is 14.6 Å². The molecule has 102 valence electrons. The van der Waals surface area contributed by atoms with E-state index in [0.717, 1.165) is 32.8 Å². The predicted molar refractivity (Wildman–Crippen MR) is 81.4 cm³/mol. The molecule has 2 heterocycles. The molecule has 19 heavy (non-hydrogen) atoms. The molecule has 1 saturated heterocycles. The van der Waals surface area contributed by atoms with Gasteiger partial charge in [-0.2, -0.15) is 0 Å². The van der Waals surface area contributed by atoms with Crippen LogP contribution < -0.4 is 5.32 Å². The van der Waals surface area contributed by atoms with Crippen LogP contribution in [0.3, 0.4) is 0 Å². The Balaban J connectivity index is 1.55. The van der Waals surface area contributed by atoms with E-state index >= 15 is 0 Å². The quantitative estimate of drug-likeness (QED) is 0.856. The Morgan fingerprint density at radius 2 is 2.32 bits per heavy atom. The molecule has 1 aromatic heterocycles. The number of hydrogen-bond donors (Lipinski definition) is 1. The lowest BCUT2D eigenvalue weighted by atomic mass is 10.1. The number of nitrogens with zero attached hydrogens (tertiary/aromatic N) is 1. The van der Waals surface area contributed by atoms with Gasteiger partial charge in [0, 0.05) is 47.8 Å². The van der Waals surface area contributed by atoms with E-state index in [1.54, 1.807) is 0 Å². The van der Waals surface area contributed by atoms with Crippen molar-refractivity contribution in [3.8, 4) is 0 Å². The van der Waals surface area contributed by atoms with Crippen LogP contribution in [0.2, 0.25) is 0 Å². The minimum absolute atomic E-state index is 0.704. The Morgan fingerprint density at radius 3 is 3.16 bits per heavy atom. The van der Waals surface area contributed by atoms with E-state index < -0.39 is 0 Å². The van der Waals surface area contributed by atoms with Gasteiger partial charge in [0.1, 0.15) is 0 Å². The summed E-state index contributed by atoms with van der Waals surface area (Å²) in [5.74, 6) is 0.704. The van der Waals surface area contributed by atoms with Crippen molar-refractivity contribution in [3.05, 3.63) is 34.9 Å². The molecule has 0 aliphatic carbocycles.